The Morgan fingerprint density at radius 3 is 2.73 bits per heavy atom. The minimum Gasteiger partial charge on any atom is -0.454 e. The van der Waals surface area contributed by atoms with Gasteiger partial charge in [-0.25, -0.2) is 4.98 Å². The van der Waals surface area contributed by atoms with E-state index in [4.69, 9.17) is 9.47 Å². The topological polar surface area (TPSA) is 56.6 Å². The van der Waals surface area contributed by atoms with E-state index >= 15 is 0 Å². The summed E-state index contributed by atoms with van der Waals surface area (Å²) in [6, 6.07) is 14.0. The number of amides is 1. The summed E-state index contributed by atoms with van der Waals surface area (Å²) < 4.78 is 12.9. The molecule has 1 amide bonds. The van der Waals surface area contributed by atoms with Gasteiger partial charge in [-0.05, 0) is 43.2 Å². The molecule has 0 aliphatic carbocycles. The lowest BCUT2D eigenvalue weighted by Crippen LogP contribution is -2.39. The highest BCUT2D eigenvalue weighted by Crippen LogP contribution is 2.33. The Kier molecular flexibility index (Phi) is 3.55. The van der Waals surface area contributed by atoms with Crippen molar-refractivity contribution in [1.29, 1.82) is 0 Å². The van der Waals surface area contributed by atoms with E-state index in [0.717, 1.165) is 37.0 Å². The lowest BCUT2D eigenvalue weighted by molar-refractivity contribution is 0.0695. The van der Waals surface area contributed by atoms with E-state index in [1.165, 1.54) is 0 Å². The summed E-state index contributed by atoms with van der Waals surface area (Å²) in [4.78, 5) is 19.2. The van der Waals surface area contributed by atoms with Crippen molar-refractivity contribution in [3.63, 3.8) is 0 Å². The zero-order chi connectivity index (χ0) is 17.5. The molecule has 1 saturated heterocycles. The molecule has 2 aliphatic heterocycles. The highest BCUT2D eigenvalue weighted by Gasteiger charge is 2.26. The Balaban J connectivity index is 1.30. The molecular weight excluding hydrogens is 330 g/mol. The minimum atomic E-state index is 0.0530. The summed E-state index contributed by atoms with van der Waals surface area (Å²) in [5, 5.41) is 0. The van der Waals surface area contributed by atoms with E-state index in [2.05, 4.69) is 15.6 Å². The van der Waals surface area contributed by atoms with Crippen molar-refractivity contribution in [3.05, 3.63) is 54.4 Å². The molecule has 6 heteroatoms. The van der Waals surface area contributed by atoms with E-state index in [1.807, 2.05) is 35.5 Å². The first-order valence-corrected chi connectivity index (χ1v) is 8.90. The van der Waals surface area contributed by atoms with Crippen LogP contribution in [0.5, 0.6) is 11.5 Å². The van der Waals surface area contributed by atoms with E-state index in [0.29, 0.717) is 23.1 Å². The van der Waals surface area contributed by atoms with Crippen LogP contribution in [0.3, 0.4) is 0 Å². The number of rotatable bonds is 2. The molecule has 132 valence electrons. The number of fused-ring (bicyclic) bond motifs is 2. The second-order valence-corrected chi connectivity index (χ2v) is 6.73. The minimum absolute atomic E-state index is 0.0530. The van der Waals surface area contributed by atoms with Gasteiger partial charge in [0, 0.05) is 24.7 Å². The van der Waals surface area contributed by atoms with Gasteiger partial charge < -0.3 is 18.9 Å². The third-order valence-electron chi connectivity index (χ3n) is 5.25. The molecule has 3 aromatic rings. The van der Waals surface area contributed by atoms with Gasteiger partial charge in [-0.3, -0.25) is 4.79 Å². The van der Waals surface area contributed by atoms with Gasteiger partial charge in [-0.1, -0.05) is 12.1 Å². The van der Waals surface area contributed by atoms with Gasteiger partial charge in [-0.15, -0.1) is 0 Å². The lowest BCUT2D eigenvalue weighted by Gasteiger charge is -2.33. The van der Waals surface area contributed by atoms with Crippen molar-refractivity contribution in [2.24, 2.45) is 0 Å². The van der Waals surface area contributed by atoms with Crippen LogP contribution in [0.4, 0.5) is 0 Å². The summed E-state index contributed by atoms with van der Waals surface area (Å²) in [5.41, 5.74) is 2.83. The number of aromatic nitrogens is 2. The molecule has 6 nitrogen and oxygen atoms in total. The lowest BCUT2D eigenvalue weighted by atomic mass is 10.0. The molecule has 1 aromatic heterocycles. The van der Waals surface area contributed by atoms with Crippen LogP contribution in [0.1, 0.15) is 29.2 Å². The van der Waals surface area contributed by atoms with Crippen molar-refractivity contribution < 1.29 is 14.3 Å². The van der Waals surface area contributed by atoms with Crippen molar-refractivity contribution >= 4 is 16.9 Å². The number of hydrogen-bond donors (Lipinski definition) is 0. The Hall–Kier alpha value is -3.02. The van der Waals surface area contributed by atoms with Crippen LogP contribution in [0.15, 0.2) is 48.8 Å². The molecule has 0 bridgehead atoms. The molecule has 26 heavy (non-hydrogen) atoms. The van der Waals surface area contributed by atoms with Crippen molar-refractivity contribution in [2.45, 2.75) is 18.9 Å². The summed E-state index contributed by atoms with van der Waals surface area (Å²) in [6.07, 6.45) is 3.78. The predicted octanol–water partition coefficient (Wildman–Crippen LogP) is 3.24. The molecule has 0 atom stereocenters. The number of likely N-dealkylation sites (tertiary alicyclic amines) is 1. The number of carbonyl (C=O) groups excluding carboxylic acids is 1. The van der Waals surface area contributed by atoms with Crippen LogP contribution < -0.4 is 9.47 Å². The van der Waals surface area contributed by atoms with Gasteiger partial charge in [0.2, 0.25) is 6.79 Å². The van der Waals surface area contributed by atoms with Crippen molar-refractivity contribution in [2.75, 3.05) is 19.9 Å². The first kappa shape index (κ1) is 15.3. The van der Waals surface area contributed by atoms with Crippen LogP contribution in [-0.2, 0) is 0 Å². The van der Waals surface area contributed by atoms with E-state index < -0.39 is 0 Å². The third-order valence-corrected chi connectivity index (χ3v) is 5.25. The van der Waals surface area contributed by atoms with Crippen LogP contribution >= 0.6 is 0 Å². The number of nitrogens with zero attached hydrogens (tertiary/aromatic N) is 3. The number of carbonyl (C=O) groups is 1. The molecule has 0 unspecified atom stereocenters. The molecular formula is C20H19N3O3. The van der Waals surface area contributed by atoms with Crippen LogP contribution in [0.2, 0.25) is 0 Å². The molecule has 0 radical (unpaired) electrons. The summed E-state index contributed by atoms with van der Waals surface area (Å²) in [7, 11) is 0. The summed E-state index contributed by atoms with van der Waals surface area (Å²) >= 11 is 0. The molecule has 5 rings (SSSR count). The molecule has 0 spiro atoms. The molecule has 2 aromatic carbocycles. The maximum atomic E-state index is 12.8. The average molecular weight is 349 g/mol. The highest BCUT2D eigenvalue weighted by molar-refractivity contribution is 5.95. The maximum absolute atomic E-state index is 12.8. The molecule has 1 fully saturated rings. The summed E-state index contributed by atoms with van der Waals surface area (Å²) in [5.74, 6) is 1.40. The van der Waals surface area contributed by atoms with Crippen LogP contribution in [-0.4, -0.2) is 40.2 Å². The van der Waals surface area contributed by atoms with Gasteiger partial charge in [0.15, 0.2) is 11.5 Å². The number of piperidine rings is 1. The second kappa shape index (κ2) is 6.05. The third kappa shape index (κ3) is 2.49. The number of imidazole rings is 1. The standard InChI is InChI=1S/C20H19N3O3/c24-20(14-5-6-18-19(11-14)26-13-25-18)22-9-7-15(8-10-22)23-12-21-16-3-1-2-4-17(16)23/h1-6,11-12,15H,7-10,13H2. The van der Waals surface area contributed by atoms with Crippen molar-refractivity contribution in [3.8, 4) is 11.5 Å². The zero-order valence-corrected chi connectivity index (χ0v) is 14.3. The van der Waals surface area contributed by atoms with Gasteiger partial charge in [-0.2, -0.15) is 0 Å². The number of hydrogen-bond acceptors (Lipinski definition) is 4. The molecule has 2 aliphatic rings. The fourth-order valence-corrected chi connectivity index (χ4v) is 3.83. The number of benzene rings is 2. The van der Waals surface area contributed by atoms with E-state index in [-0.39, 0.29) is 12.7 Å². The van der Waals surface area contributed by atoms with Crippen LogP contribution in [0, 0.1) is 0 Å². The Morgan fingerprint density at radius 1 is 1.04 bits per heavy atom. The number of para-hydroxylation sites is 2. The monoisotopic (exact) mass is 349 g/mol. The van der Waals surface area contributed by atoms with Gasteiger partial charge >= 0.3 is 0 Å². The van der Waals surface area contributed by atoms with Gasteiger partial charge in [0.25, 0.3) is 5.91 Å². The normalized spacial score (nSPS) is 17.0. The fourth-order valence-electron chi connectivity index (χ4n) is 3.83. The van der Waals surface area contributed by atoms with Crippen LogP contribution in [0.25, 0.3) is 11.0 Å². The zero-order valence-electron chi connectivity index (χ0n) is 14.3. The number of ether oxygens (including phenoxy) is 2. The fraction of sp³-hybridized carbons (Fsp3) is 0.300. The second-order valence-electron chi connectivity index (χ2n) is 6.73. The average Bonchev–Trinajstić information content (AvgIpc) is 3.34. The van der Waals surface area contributed by atoms with Gasteiger partial charge in [0.05, 0.1) is 17.4 Å². The largest absolute Gasteiger partial charge is 0.454 e. The molecule has 0 saturated carbocycles. The molecule has 0 N–H and O–H groups in total. The first-order valence-electron chi connectivity index (χ1n) is 8.90. The maximum Gasteiger partial charge on any atom is 0.253 e. The Bertz CT molecular complexity index is 973. The van der Waals surface area contributed by atoms with E-state index in [9.17, 15) is 4.79 Å². The first-order chi connectivity index (χ1) is 12.8. The summed E-state index contributed by atoms with van der Waals surface area (Å²) in [6.45, 7) is 1.70. The molecule has 3 heterocycles. The van der Waals surface area contributed by atoms with Crippen molar-refractivity contribution in [1.82, 2.24) is 14.5 Å². The van der Waals surface area contributed by atoms with E-state index in [1.54, 1.807) is 12.1 Å². The smallest absolute Gasteiger partial charge is 0.253 e. The highest BCUT2D eigenvalue weighted by atomic mass is 16.7. The predicted molar refractivity (Wildman–Crippen MR) is 96.5 cm³/mol. The Morgan fingerprint density at radius 2 is 1.85 bits per heavy atom. The quantitative estimate of drug-likeness (QED) is 0.713. The van der Waals surface area contributed by atoms with Gasteiger partial charge in [0.1, 0.15) is 0 Å². The Labute approximate surface area is 151 Å². The SMILES string of the molecule is O=C(c1ccc2c(c1)OCO2)N1CCC(n2cnc3ccccc32)CC1.